The highest BCUT2D eigenvalue weighted by molar-refractivity contribution is 7.90. The Hall–Kier alpha value is -1.28. The van der Waals surface area contributed by atoms with Gasteiger partial charge in [-0.15, -0.1) is 13.2 Å². The Morgan fingerprint density at radius 1 is 1.24 bits per heavy atom. The molecule has 4 nitrogen and oxygen atoms in total. The van der Waals surface area contributed by atoms with Crippen molar-refractivity contribution in [3.05, 3.63) is 29.8 Å². The van der Waals surface area contributed by atoms with E-state index >= 15 is 0 Å². The number of hydrogen-bond acceptors (Lipinski definition) is 4. The molecule has 1 unspecified atom stereocenters. The number of sulfone groups is 1. The van der Waals surface area contributed by atoms with Crippen LogP contribution in [0.4, 0.5) is 13.2 Å². The van der Waals surface area contributed by atoms with Gasteiger partial charge in [-0.3, -0.25) is 0 Å². The first-order chi connectivity index (χ1) is 9.59. The number of benzene rings is 1. The SMILES string of the molecule is CCNC(Cc1ccc(OC(F)(F)F)cc1)CS(C)(=O)=O. The van der Waals surface area contributed by atoms with Crippen LogP contribution in [0.15, 0.2) is 24.3 Å². The molecule has 0 saturated heterocycles. The Bertz CT molecular complexity index is 541. The molecule has 0 aliphatic heterocycles. The maximum atomic E-state index is 12.0. The molecule has 1 atom stereocenters. The van der Waals surface area contributed by atoms with Crippen LogP contribution in [0.1, 0.15) is 12.5 Å². The molecule has 1 N–H and O–H groups in total. The summed E-state index contributed by atoms with van der Waals surface area (Å²) in [7, 11) is -3.13. The van der Waals surface area contributed by atoms with Crippen molar-refractivity contribution >= 4 is 9.84 Å². The Labute approximate surface area is 122 Å². The summed E-state index contributed by atoms with van der Waals surface area (Å²) < 4.78 is 62.6. The third kappa shape index (κ3) is 7.91. The van der Waals surface area contributed by atoms with E-state index in [9.17, 15) is 21.6 Å². The molecule has 1 aromatic carbocycles. The lowest BCUT2D eigenvalue weighted by Gasteiger charge is -2.17. The first-order valence-corrected chi connectivity index (χ1v) is 8.41. The van der Waals surface area contributed by atoms with Crippen LogP contribution in [-0.4, -0.2) is 39.4 Å². The van der Waals surface area contributed by atoms with E-state index in [0.29, 0.717) is 13.0 Å². The summed E-state index contributed by atoms with van der Waals surface area (Å²) in [5, 5.41) is 3.05. The molecule has 0 fully saturated rings. The average Bonchev–Trinajstić information content (AvgIpc) is 2.28. The van der Waals surface area contributed by atoms with Gasteiger partial charge in [0.2, 0.25) is 0 Å². The van der Waals surface area contributed by atoms with E-state index in [1.165, 1.54) is 24.3 Å². The second-order valence-electron chi connectivity index (χ2n) is 4.74. The largest absolute Gasteiger partial charge is 0.573 e. The topological polar surface area (TPSA) is 55.4 Å². The maximum absolute atomic E-state index is 12.0. The third-order valence-corrected chi connectivity index (χ3v) is 3.64. The normalized spacial score (nSPS) is 14.0. The van der Waals surface area contributed by atoms with Gasteiger partial charge in [-0.25, -0.2) is 8.42 Å². The second-order valence-corrected chi connectivity index (χ2v) is 6.93. The summed E-state index contributed by atoms with van der Waals surface area (Å²) in [6, 6.07) is 5.14. The molecule has 21 heavy (non-hydrogen) atoms. The zero-order valence-electron chi connectivity index (χ0n) is 11.8. The summed E-state index contributed by atoms with van der Waals surface area (Å²) >= 11 is 0. The highest BCUT2D eigenvalue weighted by atomic mass is 32.2. The fourth-order valence-corrected chi connectivity index (χ4v) is 2.92. The van der Waals surface area contributed by atoms with Crippen molar-refractivity contribution < 1.29 is 26.3 Å². The fraction of sp³-hybridized carbons (Fsp3) is 0.538. The number of nitrogens with one attached hydrogen (secondary N) is 1. The number of alkyl halides is 3. The van der Waals surface area contributed by atoms with Gasteiger partial charge in [0.25, 0.3) is 0 Å². The van der Waals surface area contributed by atoms with E-state index in [4.69, 9.17) is 0 Å². The van der Waals surface area contributed by atoms with Gasteiger partial charge in [0, 0.05) is 12.3 Å². The monoisotopic (exact) mass is 325 g/mol. The summed E-state index contributed by atoms with van der Waals surface area (Å²) in [6.45, 7) is 2.46. The van der Waals surface area contributed by atoms with Crippen molar-refractivity contribution in [2.24, 2.45) is 0 Å². The number of likely N-dealkylation sites (N-methyl/N-ethyl adjacent to an activating group) is 1. The summed E-state index contributed by atoms with van der Waals surface area (Å²) in [5.74, 6) is -0.323. The number of hydrogen-bond donors (Lipinski definition) is 1. The summed E-state index contributed by atoms with van der Waals surface area (Å²) in [4.78, 5) is 0. The van der Waals surface area contributed by atoms with Crippen LogP contribution in [-0.2, 0) is 16.3 Å². The molecule has 8 heteroatoms. The molecule has 0 aliphatic rings. The maximum Gasteiger partial charge on any atom is 0.573 e. The Kier molecular flexibility index (Phi) is 6.03. The lowest BCUT2D eigenvalue weighted by Crippen LogP contribution is -2.37. The van der Waals surface area contributed by atoms with Gasteiger partial charge in [-0.2, -0.15) is 0 Å². The van der Waals surface area contributed by atoms with Crippen LogP contribution >= 0.6 is 0 Å². The Morgan fingerprint density at radius 3 is 2.24 bits per heavy atom. The van der Waals surface area contributed by atoms with E-state index in [-0.39, 0.29) is 17.5 Å². The second kappa shape index (κ2) is 7.13. The molecule has 0 amide bonds. The summed E-state index contributed by atoms with van der Waals surface area (Å²) in [5.41, 5.74) is 0.735. The lowest BCUT2D eigenvalue weighted by molar-refractivity contribution is -0.274. The van der Waals surface area contributed by atoms with Gasteiger partial charge < -0.3 is 10.1 Å². The lowest BCUT2D eigenvalue weighted by atomic mass is 10.1. The molecular formula is C13H18F3NO3S. The number of ether oxygens (including phenoxy) is 1. The van der Waals surface area contributed by atoms with E-state index in [1.807, 2.05) is 6.92 Å². The van der Waals surface area contributed by atoms with Crippen molar-refractivity contribution in [3.8, 4) is 5.75 Å². The molecule has 1 aromatic rings. The summed E-state index contributed by atoms with van der Waals surface area (Å²) in [6.07, 6.45) is -3.16. The van der Waals surface area contributed by atoms with Gasteiger partial charge in [0.1, 0.15) is 15.6 Å². The zero-order valence-corrected chi connectivity index (χ0v) is 12.6. The minimum atomic E-state index is -4.72. The quantitative estimate of drug-likeness (QED) is 0.835. The highest BCUT2D eigenvalue weighted by Gasteiger charge is 2.31. The minimum Gasteiger partial charge on any atom is -0.406 e. The molecule has 120 valence electrons. The van der Waals surface area contributed by atoms with Crippen molar-refractivity contribution in [1.82, 2.24) is 5.32 Å². The van der Waals surface area contributed by atoms with Gasteiger partial charge in [-0.1, -0.05) is 19.1 Å². The Morgan fingerprint density at radius 2 is 1.81 bits per heavy atom. The van der Waals surface area contributed by atoms with Gasteiger partial charge in [-0.05, 0) is 30.7 Å². The molecule has 0 saturated carbocycles. The standard InChI is InChI=1S/C13H18F3NO3S/c1-3-17-11(9-21(2,18)19)8-10-4-6-12(7-5-10)20-13(14,15)16/h4-7,11,17H,3,8-9H2,1-2H3. The first kappa shape index (κ1) is 17.8. The average molecular weight is 325 g/mol. The highest BCUT2D eigenvalue weighted by Crippen LogP contribution is 2.23. The number of rotatable bonds is 7. The molecular weight excluding hydrogens is 307 g/mol. The van der Waals surface area contributed by atoms with Gasteiger partial charge >= 0.3 is 6.36 Å². The van der Waals surface area contributed by atoms with Gasteiger partial charge in [0.15, 0.2) is 0 Å². The predicted octanol–water partition coefficient (Wildman–Crippen LogP) is 2.15. The minimum absolute atomic E-state index is 0.0261. The molecule has 1 rings (SSSR count). The predicted molar refractivity (Wildman–Crippen MR) is 74.0 cm³/mol. The fourth-order valence-electron chi connectivity index (χ4n) is 1.96. The van der Waals surface area contributed by atoms with E-state index in [1.54, 1.807) is 0 Å². The molecule has 0 heterocycles. The first-order valence-electron chi connectivity index (χ1n) is 6.35. The van der Waals surface area contributed by atoms with Crippen molar-refractivity contribution in [2.75, 3.05) is 18.6 Å². The smallest absolute Gasteiger partial charge is 0.406 e. The molecule has 0 aliphatic carbocycles. The van der Waals surface area contributed by atoms with Gasteiger partial charge in [0.05, 0.1) is 5.75 Å². The van der Waals surface area contributed by atoms with Crippen LogP contribution in [0, 0.1) is 0 Å². The van der Waals surface area contributed by atoms with Crippen LogP contribution < -0.4 is 10.1 Å². The van der Waals surface area contributed by atoms with E-state index in [2.05, 4.69) is 10.1 Å². The molecule has 0 radical (unpaired) electrons. The molecule has 0 aromatic heterocycles. The van der Waals surface area contributed by atoms with Crippen LogP contribution in [0.5, 0.6) is 5.75 Å². The Balaban J connectivity index is 2.72. The molecule has 0 bridgehead atoms. The van der Waals surface area contributed by atoms with Crippen LogP contribution in [0.25, 0.3) is 0 Å². The van der Waals surface area contributed by atoms with Crippen LogP contribution in [0.2, 0.25) is 0 Å². The van der Waals surface area contributed by atoms with Crippen molar-refractivity contribution in [2.45, 2.75) is 25.7 Å². The number of halogens is 3. The van der Waals surface area contributed by atoms with E-state index < -0.39 is 16.2 Å². The van der Waals surface area contributed by atoms with E-state index in [0.717, 1.165) is 11.8 Å². The van der Waals surface area contributed by atoms with Crippen LogP contribution in [0.3, 0.4) is 0 Å². The van der Waals surface area contributed by atoms with Crippen molar-refractivity contribution in [1.29, 1.82) is 0 Å². The third-order valence-electron chi connectivity index (χ3n) is 2.64. The van der Waals surface area contributed by atoms with Crippen molar-refractivity contribution in [3.63, 3.8) is 0 Å². The zero-order chi connectivity index (χ0) is 16.1. The molecule has 0 spiro atoms.